The molecule has 7 heteroatoms. The number of carbonyl (C=O) groups excluding carboxylic acids is 1. The summed E-state index contributed by atoms with van der Waals surface area (Å²) in [7, 11) is 2.05. The van der Waals surface area contributed by atoms with Gasteiger partial charge in [0.1, 0.15) is 0 Å². The monoisotopic (exact) mass is 355 g/mol. The Morgan fingerprint density at radius 3 is 2.81 bits per heavy atom. The highest BCUT2D eigenvalue weighted by Gasteiger charge is 2.28. The number of rotatable bonds is 3. The average Bonchev–Trinajstić information content (AvgIpc) is 2.47. The number of hydrogen-bond acceptors (Lipinski definition) is 4. The molecule has 114 valence electrons. The van der Waals surface area contributed by atoms with E-state index in [1.54, 1.807) is 11.0 Å². The fourth-order valence-electron chi connectivity index (χ4n) is 2.53. The largest absolute Gasteiger partial charge is 0.336 e. The second-order valence-electron chi connectivity index (χ2n) is 5.22. The van der Waals surface area contributed by atoms with Crippen LogP contribution < -0.4 is 0 Å². The van der Waals surface area contributed by atoms with E-state index in [2.05, 4.69) is 34.8 Å². The summed E-state index contributed by atoms with van der Waals surface area (Å²) >= 11 is 3.31. The third-order valence-electron chi connectivity index (χ3n) is 3.93. The number of amides is 1. The van der Waals surface area contributed by atoms with Gasteiger partial charge in [0, 0.05) is 42.3 Å². The molecular formula is C14H18BrN3O3. The third-order valence-corrected chi connectivity index (χ3v) is 4.62. The van der Waals surface area contributed by atoms with Crippen molar-refractivity contribution in [3.63, 3.8) is 0 Å². The van der Waals surface area contributed by atoms with Crippen LogP contribution in [-0.2, 0) is 0 Å². The van der Waals surface area contributed by atoms with Crippen molar-refractivity contribution in [1.29, 1.82) is 0 Å². The molecule has 1 atom stereocenters. The van der Waals surface area contributed by atoms with E-state index in [4.69, 9.17) is 0 Å². The summed E-state index contributed by atoms with van der Waals surface area (Å²) in [6, 6.07) is 4.62. The zero-order chi connectivity index (χ0) is 15.6. The lowest BCUT2D eigenvalue weighted by Gasteiger charge is -2.39. The van der Waals surface area contributed by atoms with Crippen molar-refractivity contribution in [2.75, 3.05) is 26.7 Å². The van der Waals surface area contributed by atoms with Crippen LogP contribution in [0.4, 0.5) is 5.69 Å². The van der Waals surface area contributed by atoms with E-state index in [-0.39, 0.29) is 11.6 Å². The van der Waals surface area contributed by atoms with Gasteiger partial charge >= 0.3 is 0 Å². The SMILES string of the molecule is CCC1CN(C(=O)c2cc([N+](=O)[O-])ccc2Br)CCN1C. The Bertz CT molecular complexity index is 564. The van der Waals surface area contributed by atoms with Crippen molar-refractivity contribution >= 4 is 27.5 Å². The maximum Gasteiger partial charge on any atom is 0.270 e. The van der Waals surface area contributed by atoms with Gasteiger partial charge in [0.05, 0.1) is 10.5 Å². The van der Waals surface area contributed by atoms with Crippen molar-refractivity contribution in [2.24, 2.45) is 0 Å². The highest BCUT2D eigenvalue weighted by molar-refractivity contribution is 9.10. The molecule has 1 unspecified atom stereocenters. The molecule has 1 aromatic carbocycles. The molecule has 0 aromatic heterocycles. The number of carbonyl (C=O) groups is 1. The molecule has 6 nitrogen and oxygen atoms in total. The van der Waals surface area contributed by atoms with Gasteiger partial charge in [-0.15, -0.1) is 0 Å². The van der Waals surface area contributed by atoms with Gasteiger partial charge in [-0.3, -0.25) is 19.8 Å². The molecule has 1 saturated heterocycles. The molecule has 1 heterocycles. The average molecular weight is 356 g/mol. The van der Waals surface area contributed by atoms with Crippen molar-refractivity contribution in [3.05, 3.63) is 38.3 Å². The molecule has 1 fully saturated rings. The number of nitrogens with zero attached hydrogens (tertiary/aromatic N) is 3. The Morgan fingerprint density at radius 1 is 1.48 bits per heavy atom. The minimum Gasteiger partial charge on any atom is -0.336 e. The highest BCUT2D eigenvalue weighted by Crippen LogP contribution is 2.25. The van der Waals surface area contributed by atoms with Crippen LogP contribution in [0.1, 0.15) is 23.7 Å². The first-order chi connectivity index (χ1) is 9.93. The first-order valence-corrected chi connectivity index (χ1v) is 7.66. The van der Waals surface area contributed by atoms with Crippen LogP contribution >= 0.6 is 15.9 Å². The third kappa shape index (κ3) is 3.41. The number of likely N-dealkylation sites (N-methyl/N-ethyl adjacent to an activating group) is 1. The number of piperazine rings is 1. The molecule has 1 aliphatic rings. The van der Waals surface area contributed by atoms with E-state index in [1.165, 1.54) is 12.1 Å². The zero-order valence-corrected chi connectivity index (χ0v) is 13.7. The number of nitro groups is 1. The van der Waals surface area contributed by atoms with Gasteiger partial charge in [0.25, 0.3) is 11.6 Å². The minimum absolute atomic E-state index is 0.0669. The Kier molecular flexibility index (Phi) is 4.95. The molecule has 0 aliphatic carbocycles. The lowest BCUT2D eigenvalue weighted by atomic mass is 10.1. The van der Waals surface area contributed by atoms with E-state index in [0.717, 1.165) is 13.0 Å². The summed E-state index contributed by atoms with van der Waals surface area (Å²) in [4.78, 5) is 27.0. The molecule has 0 radical (unpaired) electrons. The van der Waals surface area contributed by atoms with E-state index < -0.39 is 4.92 Å². The fourth-order valence-corrected chi connectivity index (χ4v) is 2.95. The number of nitro benzene ring substituents is 1. The predicted octanol–water partition coefficient (Wildman–Crippen LogP) is 2.52. The molecule has 1 amide bonds. The van der Waals surface area contributed by atoms with Crippen molar-refractivity contribution in [3.8, 4) is 0 Å². The van der Waals surface area contributed by atoms with E-state index >= 15 is 0 Å². The van der Waals surface area contributed by atoms with E-state index in [0.29, 0.717) is 29.2 Å². The predicted molar refractivity (Wildman–Crippen MR) is 83.4 cm³/mol. The van der Waals surface area contributed by atoms with Gasteiger partial charge in [-0.05, 0) is 35.5 Å². The number of halogens is 1. The second kappa shape index (κ2) is 6.53. The van der Waals surface area contributed by atoms with Gasteiger partial charge in [0.15, 0.2) is 0 Å². The van der Waals surface area contributed by atoms with Gasteiger partial charge < -0.3 is 4.90 Å². The van der Waals surface area contributed by atoms with E-state index in [1.807, 2.05) is 0 Å². The van der Waals surface area contributed by atoms with Crippen LogP contribution in [-0.4, -0.2) is 53.4 Å². The summed E-state index contributed by atoms with van der Waals surface area (Å²) in [6.07, 6.45) is 0.969. The lowest BCUT2D eigenvalue weighted by molar-refractivity contribution is -0.384. The van der Waals surface area contributed by atoms with E-state index in [9.17, 15) is 14.9 Å². The van der Waals surface area contributed by atoms with Gasteiger partial charge in [-0.25, -0.2) is 0 Å². The van der Waals surface area contributed by atoms with Gasteiger partial charge in [0.2, 0.25) is 0 Å². The molecule has 0 N–H and O–H groups in total. The number of hydrogen-bond donors (Lipinski definition) is 0. The Hall–Kier alpha value is -1.47. The molecule has 2 rings (SSSR count). The molecule has 0 spiro atoms. The summed E-state index contributed by atoms with van der Waals surface area (Å²) < 4.78 is 0.588. The highest BCUT2D eigenvalue weighted by atomic mass is 79.9. The van der Waals surface area contributed by atoms with Crippen molar-refractivity contribution in [2.45, 2.75) is 19.4 Å². The quantitative estimate of drug-likeness (QED) is 0.617. The zero-order valence-electron chi connectivity index (χ0n) is 12.1. The number of benzene rings is 1. The Balaban J connectivity index is 2.24. The summed E-state index contributed by atoms with van der Waals surface area (Å²) in [5.41, 5.74) is 0.284. The van der Waals surface area contributed by atoms with Crippen molar-refractivity contribution in [1.82, 2.24) is 9.80 Å². The lowest BCUT2D eigenvalue weighted by Crippen LogP contribution is -2.53. The number of non-ortho nitro benzene ring substituents is 1. The summed E-state index contributed by atoms with van der Waals surface area (Å²) in [6.45, 7) is 4.21. The summed E-state index contributed by atoms with van der Waals surface area (Å²) in [5.74, 6) is -0.155. The molecule has 21 heavy (non-hydrogen) atoms. The Morgan fingerprint density at radius 2 is 2.19 bits per heavy atom. The smallest absolute Gasteiger partial charge is 0.270 e. The van der Waals surface area contributed by atoms with Gasteiger partial charge in [-0.2, -0.15) is 0 Å². The topological polar surface area (TPSA) is 66.7 Å². The summed E-state index contributed by atoms with van der Waals surface area (Å²) in [5, 5.41) is 10.9. The van der Waals surface area contributed by atoms with Crippen LogP contribution in [0.25, 0.3) is 0 Å². The molecule has 0 bridgehead atoms. The fraction of sp³-hybridized carbons (Fsp3) is 0.500. The standard InChI is InChI=1S/C14H18BrN3O3/c1-3-10-9-17(7-6-16(10)2)14(19)12-8-11(18(20)21)4-5-13(12)15/h4-5,8,10H,3,6-7,9H2,1-2H3. The molecule has 0 saturated carbocycles. The van der Waals surface area contributed by atoms with Crippen LogP contribution in [0, 0.1) is 10.1 Å². The minimum atomic E-state index is -0.484. The van der Waals surface area contributed by atoms with Crippen LogP contribution in [0.3, 0.4) is 0 Å². The van der Waals surface area contributed by atoms with Crippen molar-refractivity contribution < 1.29 is 9.72 Å². The maximum atomic E-state index is 12.6. The first-order valence-electron chi connectivity index (χ1n) is 6.87. The van der Waals surface area contributed by atoms with Crippen LogP contribution in [0.2, 0.25) is 0 Å². The first kappa shape index (κ1) is 15.9. The normalized spacial score (nSPS) is 19.6. The second-order valence-corrected chi connectivity index (χ2v) is 6.07. The molecule has 1 aliphatic heterocycles. The molecular weight excluding hydrogens is 338 g/mol. The Labute approximate surface area is 132 Å². The van der Waals surface area contributed by atoms with Gasteiger partial charge in [-0.1, -0.05) is 6.92 Å². The van der Waals surface area contributed by atoms with Crippen LogP contribution in [0.5, 0.6) is 0 Å². The molecule has 1 aromatic rings. The van der Waals surface area contributed by atoms with Crippen LogP contribution in [0.15, 0.2) is 22.7 Å². The maximum absolute atomic E-state index is 12.6.